The van der Waals surface area contributed by atoms with Gasteiger partial charge in [-0.3, -0.25) is 19.7 Å². The molecule has 0 bridgehead atoms. The Hall–Kier alpha value is -2.48. The van der Waals surface area contributed by atoms with Gasteiger partial charge < -0.3 is 16.2 Å². The number of carbonyl (C=O) groups is 2. The van der Waals surface area contributed by atoms with E-state index in [0.29, 0.717) is 0 Å². The molecule has 8 nitrogen and oxygen atoms in total. The number of carbonyl (C=O) groups excluding carboxylic acids is 1. The molecule has 1 aromatic rings. The molecule has 4 N–H and O–H groups in total. The third-order valence-electron chi connectivity index (χ3n) is 2.69. The van der Waals surface area contributed by atoms with E-state index in [2.05, 4.69) is 5.32 Å². The van der Waals surface area contributed by atoms with Gasteiger partial charge in [0.25, 0.3) is 5.69 Å². The standard InChI is InChI=1S/C12H15N3O5/c13-12(18)10(5-6-11(16)17)14-7-8-1-3-9(4-2-8)15(19)20/h1-4,10,14H,5-7H2,(H2,13,18)(H,16,17)/t10-/m0/s1. The van der Waals surface area contributed by atoms with E-state index in [1.165, 1.54) is 12.1 Å². The van der Waals surface area contributed by atoms with Crippen LogP contribution in [-0.4, -0.2) is 27.9 Å². The van der Waals surface area contributed by atoms with E-state index < -0.39 is 22.8 Å². The Morgan fingerprint density at radius 3 is 2.40 bits per heavy atom. The highest BCUT2D eigenvalue weighted by atomic mass is 16.6. The van der Waals surface area contributed by atoms with E-state index in [1.54, 1.807) is 12.1 Å². The maximum atomic E-state index is 11.2. The summed E-state index contributed by atoms with van der Waals surface area (Å²) >= 11 is 0. The molecule has 0 saturated carbocycles. The monoisotopic (exact) mass is 281 g/mol. The van der Waals surface area contributed by atoms with Crippen molar-refractivity contribution in [3.63, 3.8) is 0 Å². The average molecular weight is 281 g/mol. The zero-order valence-electron chi connectivity index (χ0n) is 10.6. The quantitative estimate of drug-likeness (QED) is 0.466. The second-order valence-corrected chi connectivity index (χ2v) is 4.19. The van der Waals surface area contributed by atoms with Gasteiger partial charge in [0.2, 0.25) is 5.91 Å². The van der Waals surface area contributed by atoms with Crippen LogP contribution in [0.1, 0.15) is 18.4 Å². The fourth-order valence-corrected chi connectivity index (χ4v) is 1.59. The maximum Gasteiger partial charge on any atom is 0.303 e. The molecule has 0 spiro atoms. The Labute approximate surface area is 114 Å². The average Bonchev–Trinajstić information content (AvgIpc) is 2.38. The zero-order valence-corrected chi connectivity index (χ0v) is 10.6. The first-order valence-electron chi connectivity index (χ1n) is 5.88. The number of nitrogens with zero attached hydrogens (tertiary/aromatic N) is 1. The molecule has 0 aromatic heterocycles. The van der Waals surface area contributed by atoms with Crippen LogP contribution in [0.5, 0.6) is 0 Å². The molecule has 0 saturated heterocycles. The Morgan fingerprint density at radius 2 is 1.95 bits per heavy atom. The topological polar surface area (TPSA) is 136 Å². The van der Waals surface area contributed by atoms with Crippen LogP contribution in [0.25, 0.3) is 0 Å². The van der Waals surface area contributed by atoms with Crippen molar-refractivity contribution in [3.05, 3.63) is 39.9 Å². The molecule has 1 atom stereocenters. The lowest BCUT2D eigenvalue weighted by atomic mass is 10.1. The van der Waals surface area contributed by atoms with Crippen molar-refractivity contribution >= 4 is 17.6 Å². The number of amides is 1. The summed E-state index contributed by atoms with van der Waals surface area (Å²) in [5.41, 5.74) is 5.88. The molecule has 8 heteroatoms. The lowest BCUT2D eigenvalue weighted by molar-refractivity contribution is -0.384. The van der Waals surface area contributed by atoms with Gasteiger partial charge in [0, 0.05) is 25.1 Å². The van der Waals surface area contributed by atoms with Gasteiger partial charge in [0.1, 0.15) is 0 Å². The largest absolute Gasteiger partial charge is 0.481 e. The minimum atomic E-state index is -1.01. The van der Waals surface area contributed by atoms with Gasteiger partial charge in [0.05, 0.1) is 11.0 Å². The minimum Gasteiger partial charge on any atom is -0.481 e. The first kappa shape index (κ1) is 15.6. The maximum absolute atomic E-state index is 11.2. The number of nitrogens with two attached hydrogens (primary N) is 1. The molecule has 1 rings (SSSR count). The number of hydrogen-bond acceptors (Lipinski definition) is 5. The lowest BCUT2D eigenvalue weighted by Gasteiger charge is -2.14. The van der Waals surface area contributed by atoms with Crippen LogP contribution in [0, 0.1) is 10.1 Å². The van der Waals surface area contributed by atoms with Crippen molar-refractivity contribution in [2.45, 2.75) is 25.4 Å². The van der Waals surface area contributed by atoms with Crippen molar-refractivity contribution in [2.75, 3.05) is 0 Å². The van der Waals surface area contributed by atoms with Crippen molar-refractivity contribution in [3.8, 4) is 0 Å². The first-order valence-corrected chi connectivity index (χ1v) is 5.88. The third-order valence-corrected chi connectivity index (χ3v) is 2.69. The van der Waals surface area contributed by atoms with E-state index in [4.69, 9.17) is 10.8 Å². The summed E-state index contributed by atoms with van der Waals surface area (Å²) in [4.78, 5) is 31.6. The van der Waals surface area contributed by atoms with Gasteiger partial charge in [0.15, 0.2) is 0 Å². The minimum absolute atomic E-state index is 0.0221. The number of nitrogens with one attached hydrogen (secondary N) is 1. The fourth-order valence-electron chi connectivity index (χ4n) is 1.59. The Morgan fingerprint density at radius 1 is 1.35 bits per heavy atom. The highest BCUT2D eigenvalue weighted by Crippen LogP contribution is 2.12. The van der Waals surface area contributed by atoms with Gasteiger partial charge in [-0.15, -0.1) is 0 Å². The van der Waals surface area contributed by atoms with E-state index in [-0.39, 0.29) is 25.1 Å². The molecule has 0 aliphatic carbocycles. The second-order valence-electron chi connectivity index (χ2n) is 4.19. The smallest absolute Gasteiger partial charge is 0.303 e. The summed E-state index contributed by atoms with van der Waals surface area (Å²) in [6.45, 7) is 0.269. The molecule has 20 heavy (non-hydrogen) atoms. The number of carboxylic acids is 1. The lowest BCUT2D eigenvalue weighted by Crippen LogP contribution is -2.41. The van der Waals surface area contributed by atoms with E-state index >= 15 is 0 Å². The molecule has 0 aliphatic heterocycles. The number of aliphatic carboxylic acids is 1. The molecule has 1 aromatic carbocycles. The first-order chi connectivity index (χ1) is 9.40. The van der Waals surface area contributed by atoms with Gasteiger partial charge >= 0.3 is 5.97 Å². The Bertz CT molecular complexity index is 500. The summed E-state index contributed by atoms with van der Waals surface area (Å²) in [6, 6.07) is 5.07. The SMILES string of the molecule is NC(=O)[C@H](CCC(=O)O)NCc1ccc([N+](=O)[O-])cc1. The summed E-state index contributed by atoms with van der Waals surface area (Å²) in [6.07, 6.45) is -0.0709. The van der Waals surface area contributed by atoms with Gasteiger partial charge in [-0.25, -0.2) is 0 Å². The van der Waals surface area contributed by atoms with Crippen molar-refractivity contribution in [1.82, 2.24) is 5.32 Å². The number of benzene rings is 1. The number of rotatable bonds is 8. The third kappa shape index (κ3) is 5.02. The normalized spacial score (nSPS) is 11.8. The molecule has 0 unspecified atom stereocenters. The van der Waals surface area contributed by atoms with Gasteiger partial charge in [-0.1, -0.05) is 12.1 Å². The number of non-ortho nitro benzene ring substituents is 1. The van der Waals surface area contributed by atoms with Crippen molar-refractivity contribution in [2.24, 2.45) is 5.73 Å². The van der Waals surface area contributed by atoms with Crippen molar-refractivity contribution in [1.29, 1.82) is 0 Å². The number of hydrogen-bond donors (Lipinski definition) is 3. The van der Waals surface area contributed by atoms with Gasteiger partial charge in [-0.2, -0.15) is 0 Å². The highest BCUT2D eigenvalue weighted by molar-refractivity contribution is 5.80. The van der Waals surface area contributed by atoms with Gasteiger partial charge in [-0.05, 0) is 12.0 Å². The highest BCUT2D eigenvalue weighted by Gasteiger charge is 2.16. The van der Waals surface area contributed by atoms with Crippen LogP contribution in [0.4, 0.5) is 5.69 Å². The summed E-state index contributed by atoms with van der Waals surface area (Å²) < 4.78 is 0. The van der Waals surface area contributed by atoms with Crippen LogP contribution in [-0.2, 0) is 16.1 Å². The molecule has 108 valence electrons. The summed E-state index contributed by atoms with van der Waals surface area (Å²) in [5.74, 6) is -1.64. The molecular formula is C12H15N3O5. The Kier molecular flexibility index (Phi) is 5.60. The number of carboxylic acid groups (broad SMARTS) is 1. The molecule has 0 radical (unpaired) electrons. The number of nitro groups is 1. The fraction of sp³-hybridized carbons (Fsp3) is 0.333. The van der Waals surface area contributed by atoms with Crippen LogP contribution < -0.4 is 11.1 Å². The summed E-state index contributed by atoms with van der Waals surface area (Å²) in [5, 5.41) is 21.9. The van der Waals surface area contributed by atoms with Crippen LogP contribution in [0.2, 0.25) is 0 Å². The van der Waals surface area contributed by atoms with Crippen molar-refractivity contribution < 1.29 is 19.6 Å². The molecule has 0 heterocycles. The molecule has 0 fully saturated rings. The van der Waals surface area contributed by atoms with E-state index in [0.717, 1.165) is 5.56 Å². The van der Waals surface area contributed by atoms with E-state index in [1.807, 2.05) is 0 Å². The predicted molar refractivity (Wildman–Crippen MR) is 69.8 cm³/mol. The Balaban J connectivity index is 2.56. The number of primary amides is 1. The van der Waals surface area contributed by atoms with Crippen LogP contribution in [0.3, 0.4) is 0 Å². The number of nitro benzene ring substituents is 1. The predicted octanol–water partition coefficient (Wildman–Crippen LogP) is 0.403. The second kappa shape index (κ2) is 7.19. The van der Waals surface area contributed by atoms with Crippen LogP contribution >= 0.6 is 0 Å². The zero-order chi connectivity index (χ0) is 15.1. The van der Waals surface area contributed by atoms with E-state index in [9.17, 15) is 19.7 Å². The molecule has 0 aliphatic rings. The summed E-state index contributed by atoms with van der Waals surface area (Å²) in [7, 11) is 0. The molecule has 1 amide bonds. The van der Waals surface area contributed by atoms with Crippen LogP contribution in [0.15, 0.2) is 24.3 Å². The molecular weight excluding hydrogens is 266 g/mol.